The molecule has 0 N–H and O–H groups in total. The van der Waals surface area contributed by atoms with Crippen molar-refractivity contribution < 1.29 is 22.3 Å². The lowest BCUT2D eigenvalue weighted by Crippen LogP contribution is -2.13. The second kappa shape index (κ2) is 9.97. The number of halogens is 4. The highest BCUT2D eigenvalue weighted by atomic mass is 19.4. The van der Waals surface area contributed by atoms with Gasteiger partial charge in [-0.15, -0.1) is 13.2 Å². The van der Waals surface area contributed by atoms with Gasteiger partial charge >= 0.3 is 6.36 Å². The average molecular weight is 270 g/mol. The van der Waals surface area contributed by atoms with Crippen LogP contribution < -0.4 is 0 Å². The molecule has 0 radical (unpaired) electrons. The second-order valence-electron chi connectivity index (χ2n) is 3.18. The Hall–Kier alpha value is -1.00. The van der Waals surface area contributed by atoms with Crippen LogP contribution >= 0.6 is 0 Å². The largest absolute Gasteiger partial charge is 0.573 e. The van der Waals surface area contributed by atoms with Crippen LogP contribution in [0.4, 0.5) is 17.6 Å². The monoisotopic (exact) mass is 270 g/mol. The number of alkyl halides is 3. The van der Waals surface area contributed by atoms with Gasteiger partial charge in [0.25, 0.3) is 0 Å². The van der Waals surface area contributed by atoms with Crippen LogP contribution in [-0.4, -0.2) is 6.36 Å². The van der Waals surface area contributed by atoms with Gasteiger partial charge in [-0.2, -0.15) is 0 Å². The molecule has 0 aromatic heterocycles. The van der Waals surface area contributed by atoms with Crippen LogP contribution in [0.15, 0.2) is 23.2 Å². The summed E-state index contributed by atoms with van der Waals surface area (Å²) in [7, 11) is 0. The maximum Gasteiger partial charge on any atom is 0.573 e. The fourth-order valence-corrected chi connectivity index (χ4v) is 1.10. The van der Waals surface area contributed by atoms with Gasteiger partial charge in [0.2, 0.25) is 0 Å². The molecule has 0 unspecified atom stereocenters. The van der Waals surface area contributed by atoms with Crippen molar-refractivity contribution in [1.82, 2.24) is 0 Å². The molecule has 0 saturated carbocycles. The fraction of sp³-hybridized carbons (Fsp3) is 0.692. The van der Waals surface area contributed by atoms with Crippen molar-refractivity contribution in [2.24, 2.45) is 0 Å². The molecule has 108 valence electrons. The van der Waals surface area contributed by atoms with Gasteiger partial charge in [-0.3, -0.25) is 0 Å². The maximum absolute atomic E-state index is 13.2. The number of hydrogen-bond acceptors (Lipinski definition) is 1. The van der Waals surface area contributed by atoms with Crippen molar-refractivity contribution >= 4 is 0 Å². The molecule has 0 aromatic carbocycles. The molecule has 0 atom stereocenters. The van der Waals surface area contributed by atoms with E-state index in [1.54, 1.807) is 13.8 Å². The van der Waals surface area contributed by atoms with Crippen LogP contribution in [-0.2, 0) is 4.74 Å². The second-order valence-corrected chi connectivity index (χ2v) is 3.18. The van der Waals surface area contributed by atoms with Gasteiger partial charge in [-0.25, -0.2) is 4.39 Å². The molecule has 0 aliphatic rings. The van der Waals surface area contributed by atoms with E-state index >= 15 is 0 Å². The first-order valence-electron chi connectivity index (χ1n) is 6.17. The van der Waals surface area contributed by atoms with E-state index in [1.165, 1.54) is 6.92 Å². The third-order valence-corrected chi connectivity index (χ3v) is 2.05. The molecule has 0 aromatic rings. The summed E-state index contributed by atoms with van der Waals surface area (Å²) in [4.78, 5) is 0. The molecule has 0 aliphatic carbocycles. The minimum atomic E-state index is -4.86. The Balaban J connectivity index is 0. The number of allylic oxidation sites excluding steroid dienone is 3. The van der Waals surface area contributed by atoms with Crippen molar-refractivity contribution in [2.45, 2.75) is 60.2 Å². The normalized spacial score (nSPS) is 12.1. The van der Waals surface area contributed by atoms with E-state index in [9.17, 15) is 17.6 Å². The van der Waals surface area contributed by atoms with E-state index in [1.807, 2.05) is 13.8 Å². The van der Waals surface area contributed by atoms with Crippen LogP contribution in [0.1, 0.15) is 53.9 Å². The van der Waals surface area contributed by atoms with Gasteiger partial charge in [0, 0.05) is 6.42 Å². The third-order valence-electron chi connectivity index (χ3n) is 2.05. The van der Waals surface area contributed by atoms with Crippen molar-refractivity contribution in [2.75, 3.05) is 0 Å². The molecule has 0 saturated heterocycles. The number of rotatable bonds is 5. The molecular weight excluding hydrogens is 248 g/mol. The molecule has 5 heteroatoms. The SMILES string of the molecule is CC.CCC(=C/C(OC(F)(F)F)=C(/F)CC)CC. The van der Waals surface area contributed by atoms with E-state index in [0.717, 1.165) is 6.08 Å². The zero-order valence-corrected chi connectivity index (χ0v) is 11.6. The Morgan fingerprint density at radius 3 is 1.72 bits per heavy atom. The predicted molar refractivity (Wildman–Crippen MR) is 65.6 cm³/mol. The Kier molecular flexibility index (Phi) is 10.7. The van der Waals surface area contributed by atoms with E-state index < -0.39 is 17.9 Å². The summed E-state index contributed by atoms with van der Waals surface area (Å²) in [5, 5.41) is 0. The lowest BCUT2D eigenvalue weighted by atomic mass is 10.1. The molecule has 0 aliphatic heterocycles. The summed E-state index contributed by atoms with van der Waals surface area (Å²) >= 11 is 0. The number of hydrogen-bond donors (Lipinski definition) is 0. The zero-order chi connectivity index (χ0) is 14.8. The lowest BCUT2D eigenvalue weighted by Gasteiger charge is -2.12. The minimum absolute atomic E-state index is 0.122. The van der Waals surface area contributed by atoms with Crippen LogP contribution in [0, 0.1) is 0 Å². The van der Waals surface area contributed by atoms with Crippen molar-refractivity contribution in [3.05, 3.63) is 23.2 Å². The van der Waals surface area contributed by atoms with E-state index in [4.69, 9.17) is 0 Å². The van der Waals surface area contributed by atoms with E-state index in [0.29, 0.717) is 18.4 Å². The lowest BCUT2D eigenvalue weighted by molar-refractivity contribution is -0.304. The van der Waals surface area contributed by atoms with Gasteiger partial charge in [-0.05, 0) is 18.9 Å². The average Bonchev–Trinajstić information content (AvgIpc) is 2.34. The third kappa shape index (κ3) is 9.07. The first kappa shape index (κ1) is 19.3. The molecule has 0 spiro atoms. The summed E-state index contributed by atoms with van der Waals surface area (Å²) in [5.74, 6) is -1.62. The molecule has 0 rings (SSSR count). The van der Waals surface area contributed by atoms with Gasteiger partial charge < -0.3 is 4.74 Å². The van der Waals surface area contributed by atoms with Crippen LogP contribution in [0.5, 0.6) is 0 Å². The molecule has 0 heterocycles. The highest BCUT2D eigenvalue weighted by Crippen LogP contribution is 2.26. The molecule has 0 bridgehead atoms. The highest BCUT2D eigenvalue weighted by molar-refractivity contribution is 5.21. The van der Waals surface area contributed by atoms with Gasteiger partial charge in [0.1, 0.15) is 5.83 Å². The standard InChI is InChI=1S/C11H16F4O.C2H6/c1-4-8(5-2)7-10(9(12)6-3)16-11(13,14)15;1-2/h7H,4-6H2,1-3H3;1-2H3/b10-9-;. The van der Waals surface area contributed by atoms with Gasteiger partial charge in [0.05, 0.1) is 0 Å². The smallest absolute Gasteiger partial charge is 0.403 e. The molecule has 0 fully saturated rings. The molecule has 18 heavy (non-hydrogen) atoms. The Bertz CT molecular complexity index is 271. The topological polar surface area (TPSA) is 9.23 Å². The zero-order valence-electron chi connectivity index (χ0n) is 11.6. The van der Waals surface area contributed by atoms with E-state index in [2.05, 4.69) is 4.74 Å². The fourth-order valence-electron chi connectivity index (χ4n) is 1.10. The summed E-state index contributed by atoms with van der Waals surface area (Å²) in [5.41, 5.74) is 0.711. The van der Waals surface area contributed by atoms with Crippen LogP contribution in [0.2, 0.25) is 0 Å². The molecular formula is C13H22F4O. The van der Waals surface area contributed by atoms with Crippen LogP contribution in [0.3, 0.4) is 0 Å². The highest BCUT2D eigenvalue weighted by Gasteiger charge is 2.32. The molecule has 0 amide bonds. The summed E-state index contributed by atoms with van der Waals surface area (Å²) < 4.78 is 52.8. The van der Waals surface area contributed by atoms with Gasteiger partial charge in [-0.1, -0.05) is 40.2 Å². The first-order valence-corrected chi connectivity index (χ1v) is 6.17. The van der Waals surface area contributed by atoms with Gasteiger partial charge in [0.15, 0.2) is 5.76 Å². The van der Waals surface area contributed by atoms with Crippen LogP contribution in [0.25, 0.3) is 0 Å². The van der Waals surface area contributed by atoms with Crippen molar-refractivity contribution in [3.63, 3.8) is 0 Å². The summed E-state index contributed by atoms with van der Waals surface area (Å²) in [6, 6.07) is 0. The van der Waals surface area contributed by atoms with E-state index in [-0.39, 0.29) is 6.42 Å². The quantitative estimate of drug-likeness (QED) is 0.344. The first-order chi connectivity index (χ1) is 8.34. The Labute approximate surface area is 107 Å². The van der Waals surface area contributed by atoms with Crippen molar-refractivity contribution in [3.8, 4) is 0 Å². The summed E-state index contributed by atoms with van der Waals surface area (Å²) in [6.45, 7) is 9.02. The maximum atomic E-state index is 13.2. The predicted octanol–water partition coefficient (Wildman–Crippen LogP) is 5.89. The summed E-state index contributed by atoms with van der Waals surface area (Å²) in [6.07, 6.45) is -2.71. The Morgan fingerprint density at radius 1 is 1.00 bits per heavy atom. The van der Waals surface area contributed by atoms with Crippen molar-refractivity contribution in [1.29, 1.82) is 0 Å². The number of ether oxygens (including phenoxy) is 1. The molecule has 1 nitrogen and oxygen atoms in total. The minimum Gasteiger partial charge on any atom is -0.403 e. The Morgan fingerprint density at radius 2 is 1.44 bits per heavy atom.